The molecule has 0 aliphatic carbocycles. The Hall–Kier alpha value is -2.91. The summed E-state index contributed by atoms with van der Waals surface area (Å²) in [5.74, 6) is -1.29. The van der Waals surface area contributed by atoms with Crippen LogP contribution in [-0.4, -0.2) is 35.6 Å². The number of carbonyl (C=O) groups is 3. The fraction of sp³-hybridized carbons (Fsp3) is 0.167. The summed E-state index contributed by atoms with van der Waals surface area (Å²) < 4.78 is 6.80. The third kappa shape index (κ3) is 5.28. The lowest BCUT2D eigenvalue weighted by Crippen LogP contribution is -2.42. The number of thiophene rings is 2. The normalized spacial score (nSPS) is 10.4. The molecular formula is C18H17N3O4S2. The summed E-state index contributed by atoms with van der Waals surface area (Å²) >= 11 is 2.83. The lowest BCUT2D eigenvalue weighted by molar-refractivity contribution is -0.123. The van der Waals surface area contributed by atoms with Crippen LogP contribution in [0.2, 0.25) is 0 Å². The standard InChI is InChI=1S/C18H17N3O4S2/c22-15(20-18(24)19-7-5-13-4-3-10-26-13)12-25-17(23)16-14(6-11-27-16)21-8-1-2-9-21/h1-4,6,8-11H,5,7,12H2,(H2,19,20,22,24). The van der Waals surface area contributed by atoms with Crippen LogP contribution < -0.4 is 10.6 Å². The summed E-state index contributed by atoms with van der Waals surface area (Å²) in [6, 6.07) is 8.78. The highest BCUT2D eigenvalue weighted by Gasteiger charge is 2.17. The first-order chi connectivity index (χ1) is 13.1. The first kappa shape index (κ1) is 18.9. The number of carbonyl (C=O) groups excluding carboxylic acids is 3. The summed E-state index contributed by atoms with van der Waals surface area (Å²) in [6.45, 7) is -0.116. The SMILES string of the molecule is O=C(COC(=O)c1sccc1-n1cccc1)NC(=O)NCCc1cccs1. The molecular weight excluding hydrogens is 386 g/mol. The maximum Gasteiger partial charge on any atom is 0.350 e. The van der Waals surface area contributed by atoms with Crippen molar-refractivity contribution in [3.8, 4) is 5.69 Å². The molecule has 2 N–H and O–H groups in total. The van der Waals surface area contributed by atoms with Gasteiger partial charge in [0.15, 0.2) is 6.61 Å². The van der Waals surface area contributed by atoms with Crippen molar-refractivity contribution in [2.75, 3.05) is 13.2 Å². The van der Waals surface area contributed by atoms with Crippen molar-refractivity contribution in [3.63, 3.8) is 0 Å². The van der Waals surface area contributed by atoms with Crippen LogP contribution in [0, 0.1) is 0 Å². The van der Waals surface area contributed by atoms with E-state index in [1.807, 2.05) is 42.0 Å². The highest BCUT2D eigenvalue weighted by atomic mass is 32.1. The fourth-order valence-electron chi connectivity index (χ4n) is 2.31. The molecule has 0 saturated heterocycles. The van der Waals surface area contributed by atoms with Crippen molar-refractivity contribution < 1.29 is 19.1 Å². The molecule has 27 heavy (non-hydrogen) atoms. The van der Waals surface area contributed by atoms with Gasteiger partial charge in [0.2, 0.25) is 0 Å². The second-order valence-corrected chi connectivity index (χ2v) is 7.38. The van der Waals surface area contributed by atoms with Crippen molar-refractivity contribution in [3.05, 3.63) is 63.2 Å². The molecule has 0 atom stereocenters. The zero-order valence-electron chi connectivity index (χ0n) is 14.2. The lowest BCUT2D eigenvalue weighted by Gasteiger charge is -2.08. The molecule has 0 radical (unpaired) electrons. The zero-order chi connectivity index (χ0) is 19.1. The van der Waals surface area contributed by atoms with Crippen LogP contribution in [0.25, 0.3) is 5.69 Å². The number of ether oxygens (including phenoxy) is 1. The van der Waals surface area contributed by atoms with E-state index in [2.05, 4.69) is 10.6 Å². The minimum atomic E-state index is -0.684. The van der Waals surface area contributed by atoms with E-state index in [9.17, 15) is 14.4 Å². The monoisotopic (exact) mass is 403 g/mol. The number of hydrogen-bond donors (Lipinski definition) is 2. The Morgan fingerprint density at radius 2 is 1.85 bits per heavy atom. The average Bonchev–Trinajstić information content (AvgIpc) is 3.40. The van der Waals surface area contributed by atoms with Crippen LogP contribution in [-0.2, 0) is 16.0 Å². The molecule has 0 aliphatic heterocycles. The molecule has 3 heterocycles. The average molecular weight is 403 g/mol. The van der Waals surface area contributed by atoms with Crippen LogP contribution >= 0.6 is 22.7 Å². The van der Waals surface area contributed by atoms with E-state index in [4.69, 9.17) is 4.74 Å². The van der Waals surface area contributed by atoms with E-state index in [0.717, 1.165) is 4.88 Å². The molecule has 3 aromatic heterocycles. The third-order valence-corrected chi connectivity index (χ3v) is 5.36. The largest absolute Gasteiger partial charge is 0.451 e. The van der Waals surface area contributed by atoms with Crippen LogP contribution in [0.3, 0.4) is 0 Å². The Kier molecular flexibility index (Phi) is 6.39. The molecule has 3 aromatic rings. The maximum absolute atomic E-state index is 12.2. The molecule has 140 valence electrons. The van der Waals surface area contributed by atoms with Crippen LogP contribution in [0.5, 0.6) is 0 Å². The van der Waals surface area contributed by atoms with Crippen molar-refractivity contribution in [1.29, 1.82) is 0 Å². The van der Waals surface area contributed by atoms with E-state index in [0.29, 0.717) is 23.5 Å². The van der Waals surface area contributed by atoms with Gasteiger partial charge in [0.25, 0.3) is 5.91 Å². The van der Waals surface area contributed by atoms with Gasteiger partial charge in [-0.25, -0.2) is 9.59 Å². The van der Waals surface area contributed by atoms with E-state index in [1.54, 1.807) is 27.4 Å². The number of amides is 3. The molecule has 0 bridgehead atoms. The zero-order valence-corrected chi connectivity index (χ0v) is 15.8. The van der Waals surface area contributed by atoms with Gasteiger partial charge in [-0.3, -0.25) is 10.1 Å². The van der Waals surface area contributed by atoms with Gasteiger partial charge in [0, 0.05) is 23.8 Å². The van der Waals surface area contributed by atoms with E-state index in [1.165, 1.54) is 11.3 Å². The van der Waals surface area contributed by atoms with E-state index in [-0.39, 0.29) is 0 Å². The predicted molar refractivity (Wildman–Crippen MR) is 103 cm³/mol. The Balaban J connectivity index is 1.42. The Morgan fingerprint density at radius 1 is 1.04 bits per heavy atom. The first-order valence-corrected chi connectivity index (χ1v) is 9.87. The summed E-state index contributed by atoms with van der Waals surface area (Å²) in [4.78, 5) is 37.2. The lowest BCUT2D eigenvalue weighted by atomic mass is 10.3. The molecule has 0 aromatic carbocycles. The quantitative estimate of drug-likeness (QED) is 0.594. The fourth-order valence-corrected chi connectivity index (χ4v) is 3.80. The van der Waals surface area contributed by atoms with E-state index >= 15 is 0 Å². The second kappa shape index (κ2) is 9.15. The van der Waals surface area contributed by atoms with Crippen LogP contribution in [0.4, 0.5) is 4.79 Å². The number of aromatic nitrogens is 1. The van der Waals surface area contributed by atoms with Crippen molar-refractivity contribution in [2.45, 2.75) is 6.42 Å². The highest BCUT2D eigenvalue weighted by molar-refractivity contribution is 7.12. The topological polar surface area (TPSA) is 89.4 Å². The van der Waals surface area contributed by atoms with Gasteiger partial charge in [-0.1, -0.05) is 6.07 Å². The number of rotatable bonds is 7. The number of esters is 1. The van der Waals surface area contributed by atoms with Crippen molar-refractivity contribution in [1.82, 2.24) is 15.2 Å². The second-order valence-electron chi connectivity index (χ2n) is 5.43. The van der Waals surface area contributed by atoms with Gasteiger partial charge in [0.1, 0.15) is 4.88 Å². The van der Waals surface area contributed by atoms with Gasteiger partial charge >= 0.3 is 12.0 Å². The number of nitrogens with one attached hydrogen (secondary N) is 2. The number of hydrogen-bond acceptors (Lipinski definition) is 6. The van der Waals surface area contributed by atoms with Gasteiger partial charge in [-0.2, -0.15) is 0 Å². The summed E-state index contributed by atoms with van der Waals surface area (Å²) in [7, 11) is 0. The Morgan fingerprint density at radius 3 is 2.59 bits per heavy atom. The molecule has 0 unspecified atom stereocenters. The number of imide groups is 1. The molecule has 0 saturated carbocycles. The first-order valence-electron chi connectivity index (χ1n) is 8.11. The molecule has 3 rings (SSSR count). The molecule has 9 heteroatoms. The molecule has 7 nitrogen and oxygen atoms in total. The highest BCUT2D eigenvalue weighted by Crippen LogP contribution is 2.22. The third-order valence-electron chi connectivity index (χ3n) is 3.54. The summed E-state index contributed by atoms with van der Waals surface area (Å²) in [6.07, 6.45) is 4.31. The van der Waals surface area contributed by atoms with Gasteiger partial charge in [0.05, 0.1) is 5.69 Å². The molecule has 3 amide bonds. The predicted octanol–water partition coefficient (Wildman–Crippen LogP) is 2.83. The van der Waals surface area contributed by atoms with E-state index < -0.39 is 24.5 Å². The molecule has 0 aliphatic rings. The van der Waals surface area contributed by atoms with Crippen molar-refractivity contribution >= 4 is 40.6 Å². The Labute approximate surface area is 163 Å². The van der Waals surface area contributed by atoms with Crippen LogP contribution in [0.1, 0.15) is 14.5 Å². The molecule has 0 fully saturated rings. The summed E-state index contributed by atoms with van der Waals surface area (Å²) in [5.41, 5.74) is 0.682. The van der Waals surface area contributed by atoms with Gasteiger partial charge < -0.3 is 14.6 Å². The smallest absolute Gasteiger partial charge is 0.350 e. The van der Waals surface area contributed by atoms with Crippen molar-refractivity contribution in [2.24, 2.45) is 0 Å². The van der Waals surface area contributed by atoms with Crippen LogP contribution in [0.15, 0.2) is 53.5 Å². The number of urea groups is 1. The van der Waals surface area contributed by atoms with Gasteiger partial charge in [-0.15, -0.1) is 22.7 Å². The summed E-state index contributed by atoms with van der Waals surface area (Å²) in [5, 5.41) is 8.46. The number of nitrogens with zero attached hydrogens (tertiary/aromatic N) is 1. The Bertz CT molecular complexity index is 901. The minimum absolute atomic E-state index is 0.388. The van der Waals surface area contributed by atoms with Gasteiger partial charge in [-0.05, 0) is 41.4 Å². The molecule has 0 spiro atoms. The maximum atomic E-state index is 12.2. The minimum Gasteiger partial charge on any atom is -0.451 e.